The molecule has 1 aromatic rings. The smallest absolute Gasteiger partial charge is 0.207 e. The van der Waals surface area contributed by atoms with Gasteiger partial charge in [-0.3, -0.25) is 4.79 Å². The number of carbonyl (C=O) groups excluding carboxylic acids is 1. The first-order valence-electron chi connectivity index (χ1n) is 3.98. The van der Waals surface area contributed by atoms with Crippen LogP contribution >= 0.6 is 0 Å². The standard InChI is InChI=1S/C9H13NO2/c1-6(2)8(11)9(12)7-4-3-5-10-7/h3-6,8,10-11H,1-2H3/t8-/m1/s1. The Bertz CT molecular complexity index is 252. The summed E-state index contributed by atoms with van der Waals surface area (Å²) in [6, 6.07) is 3.40. The van der Waals surface area contributed by atoms with Gasteiger partial charge in [0.1, 0.15) is 6.10 Å². The molecule has 2 N–H and O–H groups in total. The second-order valence-corrected chi connectivity index (χ2v) is 3.14. The zero-order valence-electron chi connectivity index (χ0n) is 7.24. The highest BCUT2D eigenvalue weighted by molar-refractivity contribution is 5.97. The van der Waals surface area contributed by atoms with Gasteiger partial charge in [0.05, 0.1) is 5.69 Å². The molecule has 0 saturated heterocycles. The molecule has 1 heterocycles. The molecule has 1 rings (SSSR count). The van der Waals surface area contributed by atoms with E-state index in [1.807, 2.05) is 13.8 Å². The summed E-state index contributed by atoms with van der Waals surface area (Å²) < 4.78 is 0. The van der Waals surface area contributed by atoms with Crippen molar-refractivity contribution in [3.63, 3.8) is 0 Å². The van der Waals surface area contributed by atoms with Crippen molar-refractivity contribution in [2.75, 3.05) is 0 Å². The molecule has 0 aliphatic heterocycles. The molecule has 3 heteroatoms. The van der Waals surface area contributed by atoms with Crippen LogP contribution in [0.2, 0.25) is 0 Å². The number of nitrogens with one attached hydrogen (secondary N) is 1. The number of rotatable bonds is 3. The van der Waals surface area contributed by atoms with Gasteiger partial charge in [0.15, 0.2) is 0 Å². The maximum atomic E-state index is 11.4. The molecule has 3 nitrogen and oxygen atoms in total. The van der Waals surface area contributed by atoms with Crippen LogP contribution in [-0.4, -0.2) is 22.0 Å². The molecule has 0 aromatic carbocycles. The third-order valence-corrected chi connectivity index (χ3v) is 1.76. The van der Waals surface area contributed by atoms with E-state index < -0.39 is 6.10 Å². The fraction of sp³-hybridized carbons (Fsp3) is 0.444. The molecular formula is C9H13NO2. The summed E-state index contributed by atoms with van der Waals surface area (Å²) in [7, 11) is 0. The van der Waals surface area contributed by atoms with Gasteiger partial charge in [-0.2, -0.15) is 0 Å². The number of hydrogen-bond acceptors (Lipinski definition) is 2. The highest BCUT2D eigenvalue weighted by Crippen LogP contribution is 2.08. The lowest BCUT2D eigenvalue weighted by atomic mass is 10.0. The second-order valence-electron chi connectivity index (χ2n) is 3.14. The van der Waals surface area contributed by atoms with Crippen LogP contribution in [0.15, 0.2) is 18.3 Å². The second kappa shape index (κ2) is 3.54. The lowest BCUT2D eigenvalue weighted by Gasteiger charge is -2.11. The first-order valence-corrected chi connectivity index (χ1v) is 3.98. The molecule has 0 radical (unpaired) electrons. The van der Waals surface area contributed by atoms with Gasteiger partial charge in [0.2, 0.25) is 5.78 Å². The molecule has 66 valence electrons. The van der Waals surface area contributed by atoms with E-state index >= 15 is 0 Å². The van der Waals surface area contributed by atoms with Crippen LogP contribution in [0.1, 0.15) is 24.3 Å². The van der Waals surface area contributed by atoms with E-state index in [2.05, 4.69) is 4.98 Å². The van der Waals surface area contributed by atoms with Gasteiger partial charge in [0, 0.05) is 6.20 Å². The molecule has 0 unspecified atom stereocenters. The summed E-state index contributed by atoms with van der Waals surface area (Å²) in [5.74, 6) is -0.282. The van der Waals surface area contributed by atoms with E-state index in [4.69, 9.17) is 0 Å². The third-order valence-electron chi connectivity index (χ3n) is 1.76. The molecule has 0 bridgehead atoms. The monoisotopic (exact) mass is 167 g/mol. The van der Waals surface area contributed by atoms with Crippen LogP contribution < -0.4 is 0 Å². The van der Waals surface area contributed by atoms with Crippen molar-refractivity contribution >= 4 is 5.78 Å². The van der Waals surface area contributed by atoms with Crippen molar-refractivity contribution in [1.29, 1.82) is 0 Å². The minimum Gasteiger partial charge on any atom is -0.385 e. The van der Waals surface area contributed by atoms with Gasteiger partial charge in [-0.05, 0) is 18.1 Å². The summed E-state index contributed by atoms with van der Waals surface area (Å²) in [6.45, 7) is 3.62. The quantitative estimate of drug-likeness (QED) is 0.665. The zero-order valence-corrected chi connectivity index (χ0v) is 7.24. The van der Waals surface area contributed by atoms with E-state index in [1.165, 1.54) is 0 Å². The fourth-order valence-corrected chi connectivity index (χ4v) is 0.946. The molecule has 1 atom stereocenters. The SMILES string of the molecule is CC(C)[C@@H](O)C(=O)c1ccc[nH]1. The summed E-state index contributed by atoms with van der Waals surface area (Å²) in [5.41, 5.74) is 0.469. The van der Waals surface area contributed by atoms with E-state index in [1.54, 1.807) is 18.3 Å². The topological polar surface area (TPSA) is 53.1 Å². The third kappa shape index (κ3) is 1.74. The minimum atomic E-state index is -0.899. The predicted octanol–water partition coefficient (Wildman–Crippen LogP) is 1.21. The average Bonchev–Trinajstić information content (AvgIpc) is 2.53. The number of Topliss-reactive ketones (excluding diaryl/α,β-unsaturated/α-hetero) is 1. The van der Waals surface area contributed by atoms with Crippen molar-refractivity contribution in [3.8, 4) is 0 Å². The molecule has 0 saturated carbocycles. The van der Waals surface area contributed by atoms with Crippen molar-refractivity contribution < 1.29 is 9.90 Å². The van der Waals surface area contributed by atoms with Gasteiger partial charge >= 0.3 is 0 Å². The molecule has 0 fully saturated rings. The van der Waals surface area contributed by atoms with Crippen LogP contribution in [-0.2, 0) is 0 Å². The van der Waals surface area contributed by atoms with Crippen LogP contribution in [0.5, 0.6) is 0 Å². The lowest BCUT2D eigenvalue weighted by molar-refractivity contribution is 0.0643. The molecule has 0 amide bonds. The van der Waals surface area contributed by atoms with Crippen molar-refractivity contribution in [3.05, 3.63) is 24.0 Å². The van der Waals surface area contributed by atoms with E-state index in [9.17, 15) is 9.90 Å². The average molecular weight is 167 g/mol. The normalized spacial score (nSPS) is 13.3. The first kappa shape index (κ1) is 9.00. The molecule has 12 heavy (non-hydrogen) atoms. The van der Waals surface area contributed by atoms with Gasteiger partial charge in [-0.1, -0.05) is 13.8 Å². The Hall–Kier alpha value is -1.09. The largest absolute Gasteiger partial charge is 0.385 e. The predicted molar refractivity (Wildman–Crippen MR) is 46.0 cm³/mol. The number of aromatic nitrogens is 1. The Morgan fingerprint density at radius 1 is 1.58 bits per heavy atom. The lowest BCUT2D eigenvalue weighted by Crippen LogP contribution is -2.26. The van der Waals surface area contributed by atoms with Crippen molar-refractivity contribution in [2.45, 2.75) is 20.0 Å². The molecule has 0 aliphatic rings. The number of hydrogen-bond donors (Lipinski definition) is 2. The van der Waals surface area contributed by atoms with Crippen molar-refractivity contribution in [1.82, 2.24) is 4.98 Å². The number of ketones is 1. The van der Waals surface area contributed by atoms with Crippen molar-refractivity contribution in [2.24, 2.45) is 5.92 Å². The van der Waals surface area contributed by atoms with Crippen LogP contribution in [0.25, 0.3) is 0 Å². The number of H-pyrrole nitrogens is 1. The molecule has 0 spiro atoms. The van der Waals surface area contributed by atoms with E-state index in [-0.39, 0.29) is 11.7 Å². The maximum Gasteiger partial charge on any atom is 0.207 e. The van der Waals surface area contributed by atoms with Crippen LogP contribution in [0.4, 0.5) is 0 Å². The van der Waals surface area contributed by atoms with Gasteiger partial charge in [-0.15, -0.1) is 0 Å². The highest BCUT2D eigenvalue weighted by Gasteiger charge is 2.20. The van der Waals surface area contributed by atoms with E-state index in [0.717, 1.165) is 0 Å². The highest BCUT2D eigenvalue weighted by atomic mass is 16.3. The molecular weight excluding hydrogens is 154 g/mol. The van der Waals surface area contributed by atoms with Gasteiger partial charge in [-0.25, -0.2) is 0 Å². The summed E-state index contributed by atoms with van der Waals surface area (Å²) in [4.78, 5) is 14.1. The Morgan fingerprint density at radius 2 is 2.25 bits per heavy atom. The number of aromatic amines is 1. The zero-order chi connectivity index (χ0) is 9.14. The van der Waals surface area contributed by atoms with Gasteiger partial charge in [0.25, 0.3) is 0 Å². The Labute approximate surface area is 71.4 Å². The Morgan fingerprint density at radius 3 is 2.67 bits per heavy atom. The van der Waals surface area contributed by atoms with Crippen LogP contribution in [0, 0.1) is 5.92 Å². The van der Waals surface area contributed by atoms with E-state index in [0.29, 0.717) is 5.69 Å². The molecule has 0 aliphatic carbocycles. The first-order chi connectivity index (χ1) is 5.63. The number of aliphatic hydroxyl groups is 1. The number of carbonyl (C=O) groups is 1. The minimum absolute atomic E-state index is 0.0409. The number of aliphatic hydroxyl groups excluding tert-OH is 1. The maximum absolute atomic E-state index is 11.4. The Balaban J connectivity index is 2.72. The summed E-state index contributed by atoms with van der Waals surface area (Å²) in [6.07, 6.45) is 0.768. The summed E-state index contributed by atoms with van der Waals surface area (Å²) >= 11 is 0. The fourth-order valence-electron chi connectivity index (χ4n) is 0.946. The molecule has 1 aromatic heterocycles. The van der Waals surface area contributed by atoms with Crippen LogP contribution in [0.3, 0.4) is 0 Å². The Kier molecular flexibility index (Phi) is 2.65. The summed E-state index contributed by atoms with van der Waals surface area (Å²) in [5, 5.41) is 9.40. The van der Waals surface area contributed by atoms with Gasteiger partial charge < -0.3 is 10.1 Å².